The van der Waals surface area contributed by atoms with Crippen LogP contribution in [0.1, 0.15) is 0 Å². The number of alkyl halides is 2. The molecule has 4 heteroatoms. The summed E-state index contributed by atoms with van der Waals surface area (Å²) in [5.74, 6) is 0. The number of benzene rings is 1. The third-order valence-electron chi connectivity index (χ3n) is 2.89. The summed E-state index contributed by atoms with van der Waals surface area (Å²) >= 11 is 0. The molecule has 1 aliphatic rings. The zero-order valence-electron chi connectivity index (χ0n) is 9.15. The predicted octanol–water partition coefficient (Wildman–Crippen LogP) is 2.07. The first kappa shape index (κ1) is 11.3. The fraction of sp³-hybridized carbons (Fsp3) is 0.500. The van der Waals surface area contributed by atoms with Crippen LogP contribution in [0.3, 0.4) is 0 Å². The number of rotatable bonds is 3. The van der Waals surface area contributed by atoms with E-state index in [1.54, 1.807) is 0 Å². The molecule has 0 N–H and O–H groups in total. The quantitative estimate of drug-likeness (QED) is 0.778. The lowest BCUT2D eigenvalue weighted by atomic mass is 10.2. The van der Waals surface area contributed by atoms with Gasteiger partial charge in [-0.3, -0.25) is 4.90 Å². The summed E-state index contributed by atoms with van der Waals surface area (Å²) in [5, 5.41) is 0. The number of nitrogens with zero attached hydrogens (tertiary/aromatic N) is 2. The fourth-order valence-electron chi connectivity index (χ4n) is 2.02. The van der Waals surface area contributed by atoms with E-state index in [-0.39, 0.29) is 6.54 Å². The highest BCUT2D eigenvalue weighted by atomic mass is 19.3. The van der Waals surface area contributed by atoms with Crippen LogP contribution < -0.4 is 4.90 Å². The minimum absolute atomic E-state index is 0.0946. The van der Waals surface area contributed by atoms with Gasteiger partial charge in [-0.15, -0.1) is 0 Å². The number of para-hydroxylation sites is 1. The van der Waals surface area contributed by atoms with Crippen LogP contribution in [-0.4, -0.2) is 44.0 Å². The van der Waals surface area contributed by atoms with Crippen molar-refractivity contribution < 1.29 is 8.78 Å². The van der Waals surface area contributed by atoms with Crippen molar-refractivity contribution in [3.05, 3.63) is 30.3 Å². The van der Waals surface area contributed by atoms with E-state index in [1.165, 1.54) is 5.69 Å². The topological polar surface area (TPSA) is 6.48 Å². The molecule has 0 radical (unpaired) electrons. The summed E-state index contributed by atoms with van der Waals surface area (Å²) in [6.45, 7) is 3.01. The molecular weight excluding hydrogens is 210 g/mol. The number of anilines is 1. The normalized spacial score (nSPS) is 18.1. The Balaban J connectivity index is 1.86. The average molecular weight is 226 g/mol. The van der Waals surface area contributed by atoms with Crippen molar-refractivity contribution in [2.75, 3.05) is 37.6 Å². The van der Waals surface area contributed by atoms with Gasteiger partial charge >= 0.3 is 0 Å². The highest BCUT2D eigenvalue weighted by Gasteiger charge is 2.19. The molecule has 1 aromatic rings. The molecule has 1 fully saturated rings. The molecule has 1 heterocycles. The van der Waals surface area contributed by atoms with Gasteiger partial charge in [0.25, 0.3) is 6.43 Å². The van der Waals surface area contributed by atoms with Crippen LogP contribution in [0, 0.1) is 0 Å². The van der Waals surface area contributed by atoms with Crippen LogP contribution >= 0.6 is 0 Å². The largest absolute Gasteiger partial charge is 0.369 e. The second-order valence-corrected chi connectivity index (χ2v) is 4.01. The fourth-order valence-corrected chi connectivity index (χ4v) is 2.02. The SMILES string of the molecule is FC(F)CN1CCN(c2ccccc2)CC1. The van der Waals surface area contributed by atoms with E-state index in [4.69, 9.17) is 0 Å². The van der Waals surface area contributed by atoms with Crippen molar-refractivity contribution in [3.63, 3.8) is 0 Å². The molecular formula is C12H16F2N2. The number of halogens is 2. The van der Waals surface area contributed by atoms with Gasteiger partial charge in [0, 0.05) is 31.9 Å². The Hall–Kier alpha value is -1.16. The highest BCUT2D eigenvalue weighted by molar-refractivity contribution is 5.46. The molecule has 1 aliphatic heterocycles. The van der Waals surface area contributed by atoms with Crippen LogP contribution in [0.25, 0.3) is 0 Å². The molecule has 0 atom stereocenters. The first-order valence-corrected chi connectivity index (χ1v) is 5.56. The van der Waals surface area contributed by atoms with Gasteiger partial charge in [0.05, 0.1) is 6.54 Å². The molecule has 1 aromatic carbocycles. The first-order chi connectivity index (χ1) is 7.75. The Bertz CT molecular complexity index is 308. The van der Waals surface area contributed by atoms with Crippen molar-refractivity contribution in [1.82, 2.24) is 4.90 Å². The Morgan fingerprint density at radius 1 is 1.00 bits per heavy atom. The summed E-state index contributed by atoms with van der Waals surface area (Å²) in [5.41, 5.74) is 1.18. The van der Waals surface area contributed by atoms with E-state index in [1.807, 2.05) is 23.1 Å². The van der Waals surface area contributed by atoms with Crippen LogP contribution in [-0.2, 0) is 0 Å². The van der Waals surface area contributed by atoms with E-state index in [0.717, 1.165) is 26.2 Å². The maximum Gasteiger partial charge on any atom is 0.251 e. The molecule has 1 saturated heterocycles. The second kappa shape index (κ2) is 5.25. The minimum Gasteiger partial charge on any atom is -0.369 e. The minimum atomic E-state index is -2.22. The zero-order chi connectivity index (χ0) is 11.4. The maximum atomic E-state index is 12.2. The van der Waals surface area contributed by atoms with E-state index in [0.29, 0.717) is 0 Å². The molecule has 2 nitrogen and oxygen atoms in total. The van der Waals surface area contributed by atoms with Crippen LogP contribution in [0.2, 0.25) is 0 Å². The molecule has 0 amide bonds. The molecule has 0 spiro atoms. The summed E-state index contributed by atoms with van der Waals surface area (Å²) in [4.78, 5) is 4.06. The van der Waals surface area contributed by atoms with Crippen molar-refractivity contribution in [2.45, 2.75) is 6.43 Å². The molecule has 0 aliphatic carbocycles. The lowest BCUT2D eigenvalue weighted by Gasteiger charge is -2.35. The van der Waals surface area contributed by atoms with Gasteiger partial charge in [-0.25, -0.2) is 8.78 Å². The van der Waals surface area contributed by atoms with Crippen LogP contribution in [0.5, 0.6) is 0 Å². The van der Waals surface area contributed by atoms with Crippen molar-refractivity contribution in [3.8, 4) is 0 Å². The van der Waals surface area contributed by atoms with Crippen molar-refractivity contribution in [1.29, 1.82) is 0 Å². The van der Waals surface area contributed by atoms with Gasteiger partial charge < -0.3 is 4.90 Å². The summed E-state index contributed by atoms with van der Waals surface area (Å²) in [6.07, 6.45) is -2.22. The number of hydrogen-bond acceptors (Lipinski definition) is 2. The molecule has 0 bridgehead atoms. The summed E-state index contributed by atoms with van der Waals surface area (Å²) in [6, 6.07) is 10.1. The second-order valence-electron chi connectivity index (χ2n) is 4.01. The third-order valence-corrected chi connectivity index (χ3v) is 2.89. The lowest BCUT2D eigenvalue weighted by Crippen LogP contribution is -2.47. The van der Waals surface area contributed by atoms with Gasteiger partial charge in [0.2, 0.25) is 0 Å². The van der Waals surface area contributed by atoms with Gasteiger partial charge in [0.15, 0.2) is 0 Å². The number of piperazine rings is 1. The average Bonchev–Trinajstić information content (AvgIpc) is 2.30. The van der Waals surface area contributed by atoms with E-state index >= 15 is 0 Å². The smallest absolute Gasteiger partial charge is 0.251 e. The maximum absolute atomic E-state index is 12.2. The van der Waals surface area contributed by atoms with Gasteiger partial charge in [-0.2, -0.15) is 0 Å². The standard InChI is InChI=1S/C12H16F2N2/c13-12(14)10-15-6-8-16(9-7-15)11-4-2-1-3-5-11/h1-5,12H,6-10H2. The molecule has 2 rings (SSSR count). The monoisotopic (exact) mass is 226 g/mol. The Morgan fingerprint density at radius 3 is 2.19 bits per heavy atom. The van der Waals surface area contributed by atoms with Gasteiger partial charge in [-0.05, 0) is 12.1 Å². The van der Waals surface area contributed by atoms with Crippen LogP contribution in [0.15, 0.2) is 30.3 Å². The molecule has 0 aromatic heterocycles. The first-order valence-electron chi connectivity index (χ1n) is 5.56. The van der Waals surface area contributed by atoms with Gasteiger partial charge in [0.1, 0.15) is 0 Å². The molecule has 88 valence electrons. The molecule has 0 saturated carbocycles. The van der Waals surface area contributed by atoms with E-state index < -0.39 is 6.43 Å². The lowest BCUT2D eigenvalue weighted by molar-refractivity contribution is 0.0854. The van der Waals surface area contributed by atoms with Crippen LogP contribution in [0.4, 0.5) is 14.5 Å². The Morgan fingerprint density at radius 2 is 1.62 bits per heavy atom. The molecule has 16 heavy (non-hydrogen) atoms. The zero-order valence-corrected chi connectivity index (χ0v) is 9.15. The van der Waals surface area contributed by atoms with E-state index in [9.17, 15) is 8.78 Å². The predicted molar refractivity (Wildman–Crippen MR) is 61.1 cm³/mol. The Kier molecular flexibility index (Phi) is 3.72. The number of hydrogen-bond donors (Lipinski definition) is 0. The van der Waals surface area contributed by atoms with Gasteiger partial charge in [-0.1, -0.05) is 18.2 Å². The summed E-state index contributed by atoms with van der Waals surface area (Å²) < 4.78 is 24.4. The van der Waals surface area contributed by atoms with Crippen molar-refractivity contribution >= 4 is 5.69 Å². The third kappa shape index (κ3) is 2.92. The summed E-state index contributed by atoms with van der Waals surface area (Å²) in [7, 11) is 0. The molecule has 0 unspecified atom stereocenters. The van der Waals surface area contributed by atoms with E-state index in [2.05, 4.69) is 17.0 Å². The highest BCUT2D eigenvalue weighted by Crippen LogP contribution is 2.15. The Labute approximate surface area is 94.5 Å². The van der Waals surface area contributed by atoms with Crippen molar-refractivity contribution in [2.24, 2.45) is 0 Å².